The van der Waals surface area contributed by atoms with Crippen molar-refractivity contribution < 1.29 is 14.7 Å². The average Bonchev–Trinajstić information content (AvgIpc) is 1.88. The normalized spacial score (nSPS) is 17.6. The van der Waals surface area contributed by atoms with Crippen molar-refractivity contribution in [3.63, 3.8) is 0 Å². The number of rotatable bonds is 0. The van der Waals surface area contributed by atoms with E-state index in [0.29, 0.717) is 11.4 Å². The Bertz CT molecular complexity index is 199. The minimum atomic E-state index is -1.32. The minimum absolute atomic E-state index is 0.232. The van der Waals surface area contributed by atoms with Gasteiger partial charge in [0, 0.05) is 12.6 Å². The third-order valence-electron chi connectivity index (χ3n) is 1.10. The molecule has 1 aliphatic rings. The van der Waals surface area contributed by atoms with Crippen LogP contribution >= 0.6 is 0 Å². The lowest BCUT2D eigenvalue weighted by Gasteiger charge is -2.13. The van der Waals surface area contributed by atoms with Crippen LogP contribution in [-0.4, -0.2) is 28.3 Å². The second-order valence-electron chi connectivity index (χ2n) is 1.82. The molecule has 0 atom stereocenters. The molecule has 10 heavy (non-hydrogen) atoms. The first-order valence-electron chi connectivity index (χ1n) is 2.80. The smallest absolute Gasteiger partial charge is 0.435 e. The first-order chi connectivity index (χ1) is 4.72. The minimum Gasteiger partial charge on any atom is -0.463 e. The quantitative estimate of drug-likeness (QED) is 0.527. The number of hydrogen-bond acceptors (Lipinski definition) is 3. The number of carbonyl (C=O) groups is 2. The van der Waals surface area contributed by atoms with E-state index in [2.05, 4.69) is 5.10 Å². The number of carboxylic acid groups (broad SMARTS) is 1. The van der Waals surface area contributed by atoms with Crippen LogP contribution in [0.2, 0.25) is 0 Å². The molecule has 5 heteroatoms. The van der Waals surface area contributed by atoms with Crippen LogP contribution in [0.4, 0.5) is 4.79 Å². The largest absolute Gasteiger partial charge is 0.463 e. The van der Waals surface area contributed by atoms with Crippen LogP contribution in [0.25, 0.3) is 0 Å². The van der Waals surface area contributed by atoms with Gasteiger partial charge < -0.3 is 5.11 Å². The van der Waals surface area contributed by atoms with E-state index in [1.54, 1.807) is 0 Å². The lowest BCUT2D eigenvalue weighted by molar-refractivity contribution is -0.129. The zero-order chi connectivity index (χ0) is 7.56. The second-order valence-corrected chi connectivity index (χ2v) is 1.82. The fourth-order valence-electron chi connectivity index (χ4n) is 0.654. The Morgan fingerprint density at radius 2 is 2.50 bits per heavy atom. The van der Waals surface area contributed by atoms with E-state index in [0.717, 1.165) is 0 Å². The highest BCUT2D eigenvalue weighted by Gasteiger charge is 2.21. The van der Waals surface area contributed by atoms with Crippen molar-refractivity contribution in [3.8, 4) is 0 Å². The van der Waals surface area contributed by atoms with Crippen LogP contribution in [0, 0.1) is 0 Å². The van der Waals surface area contributed by atoms with Gasteiger partial charge in [0.1, 0.15) is 0 Å². The van der Waals surface area contributed by atoms with Gasteiger partial charge in [-0.2, -0.15) is 5.10 Å². The highest BCUT2D eigenvalue weighted by Crippen LogP contribution is 2.03. The Kier molecular flexibility index (Phi) is 1.66. The van der Waals surface area contributed by atoms with Gasteiger partial charge in [0.25, 0.3) is 5.91 Å². The summed E-state index contributed by atoms with van der Waals surface area (Å²) in [5.74, 6) is -0.463. The number of amides is 2. The number of hydrazone groups is 1. The van der Waals surface area contributed by atoms with Crippen LogP contribution in [0.1, 0.15) is 12.8 Å². The molecule has 1 heterocycles. The Labute approximate surface area is 56.9 Å². The van der Waals surface area contributed by atoms with Gasteiger partial charge in [0.05, 0.1) is 0 Å². The van der Waals surface area contributed by atoms with Gasteiger partial charge in [0.15, 0.2) is 0 Å². The molecule has 0 aromatic heterocycles. The monoisotopic (exact) mass is 142 g/mol. The summed E-state index contributed by atoms with van der Waals surface area (Å²) in [6.07, 6.45) is 0.856. The summed E-state index contributed by atoms with van der Waals surface area (Å²) < 4.78 is 0. The van der Waals surface area contributed by atoms with E-state index >= 15 is 0 Å². The van der Waals surface area contributed by atoms with Crippen LogP contribution in [0.3, 0.4) is 0 Å². The van der Waals surface area contributed by atoms with Crippen molar-refractivity contribution in [1.29, 1.82) is 0 Å². The molecule has 0 bridgehead atoms. The molecule has 0 saturated heterocycles. The molecule has 54 valence electrons. The number of hydrogen-bond donors (Lipinski definition) is 1. The average molecular weight is 142 g/mol. The summed E-state index contributed by atoms with van der Waals surface area (Å²) in [5.41, 5.74) is 0. The van der Waals surface area contributed by atoms with Crippen molar-refractivity contribution in [2.24, 2.45) is 5.10 Å². The molecule has 0 spiro atoms. The molecule has 1 N–H and O–H groups in total. The summed E-state index contributed by atoms with van der Waals surface area (Å²) in [6, 6.07) is 0. The molecule has 0 radical (unpaired) electrons. The SMILES string of the molecule is O=C(O)N1N=CCCC1=O. The van der Waals surface area contributed by atoms with Crippen LogP contribution < -0.4 is 0 Å². The van der Waals surface area contributed by atoms with Crippen molar-refractivity contribution >= 4 is 18.2 Å². The molecule has 0 aromatic rings. The van der Waals surface area contributed by atoms with Crippen LogP contribution in [-0.2, 0) is 4.79 Å². The molecule has 0 aromatic carbocycles. The van der Waals surface area contributed by atoms with E-state index in [4.69, 9.17) is 5.11 Å². The van der Waals surface area contributed by atoms with Gasteiger partial charge in [-0.1, -0.05) is 0 Å². The lowest BCUT2D eigenvalue weighted by Crippen LogP contribution is -2.33. The molecule has 0 unspecified atom stereocenters. The highest BCUT2D eigenvalue weighted by molar-refractivity contribution is 5.94. The molecule has 0 saturated carbocycles. The fourth-order valence-corrected chi connectivity index (χ4v) is 0.654. The molecule has 5 nitrogen and oxygen atoms in total. The zero-order valence-electron chi connectivity index (χ0n) is 5.15. The first kappa shape index (κ1) is 6.73. The maximum Gasteiger partial charge on any atom is 0.435 e. The summed E-state index contributed by atoms with van der Waals surface area (Å²) in [5, 5.41) is 12.1. The summed E-state index contributed by atoms with van der Waals surface area (Å²) in [7, 11) is 0. The van der Waals surface area contributed by atoms with Gasteiger partial charge in [-0.05, 0) is 6.42 Å². The molecular formula is C5H6N2O3. The Morgan fingerprint density at radius 3 is 2.90 bits per heavy atom. The predicted molar refractivity (Wildman–Crippen MR) is 32.6 cm³/mol. The van der Waals surface area contributed by atoms with E-state index in [-0.39, 0.29) is 6.42 Å². The summed E-state index contributed by atoms with van der Waals surface area (Å²) >= 11 is 0. The molecule has 0 fully saturated rings. The Balaban J connectivity index is 2.73. The van der Waals surface area contributed by atoms with Crippen molar-refractivity contribution in [2.75, 3.05) is 0 Å². The van der Waals surface area contributed by atoms with E-state index in [1.807, 2.05) is 0 Å². The van der Waals surface area contributed by atoms with Crippen molar-refractivity contribution in [1.82, 2.24) is 5.01 Å². The van der Waals surface area contributed by atoms with E-state index in [1.165, 1.54) is 6.21 Å². The Hall–Kier alpha value is -1.39. The lowest BCUT2D eigenvalue weighted by atomic mass is 10.3. The first-order valence-corrected chi connectivity index (χ1v) is 2.80. The highest BCUT2D eigenvalue weighted by atomic mass is 16.4. The van der Waals surface area contributed by atoms with Gasteiger partial charge in [-0.15, -0.1) is 5.01 Å². The van der Waals surface area contributed by atoms with Gasteiger partial charge in [-0.3, -0.25) is 4.79 Å². The van der Waals surface area contributed by atoms with Gasteiger partial charge in [-0.25, -0.2) is 4.79 Å². The maximum atomic E-state index is 10.7. The number of imide groups is 1. The second kappa shape index (κ2) is 2.47. The third-order valence-corrected chi connectivity index (χ3v) is 1.10. The number of nitrogens with zero attached hydrogens (tertiary/aromatic N) is 2. The van der Waals surface area contributed by atoms with E-state index < -0.39 is 12.0 Å². The van der Waals surface area contributed by atoms with Gasteiger partial charge >= 0.3 is 6.09 Å². The molecule has 1 aliphatic heterocycles. The standard InChI is InChI=1S/C5H6N2O3/c8-4-2-1-3-6-7(4)5(9)10/h3H,1-2H2,(H,9,10). The number of carbonyl (C=O) groups excluding carboxylic acids is 1. The van der Waals surface area contributed by atoms with E-state index in [9.17, 15) is 9.59 Å². The van der Waals surface area contributed by atoms with Crippen LogP contribution in [0.5, 0.6) is 0 Å². The summed E-state index contributed by atoms with van der Waals surface area (Å²) in [6.45, 7) is 0. The summed E-state index contributed by atoms with van der Waals surface area (Å²) in [4.78, 5) is 20.8. The van der Waals surface area contributed by atoms with Gasteiger partial charge in [0.2, 0.25) is 0 Å². The maximum absolute atomic E-state index is 10.7. The Morgan fingerprint density at radius 1 is 1.80 bits per heavy atom. The molecule has 2 amide bonds. The fraction of sp³-hybridized carbons (Fsp3) is 0.400. The topological polar surface area (TPSA) is 70.0 Å². The van der Waals surface area contributed by atoms with Crippen molar-refractivity contribution in [3.05, 3.63) is 0 Å². The molecule has 0 aliphatic carbocycles. The zero-order valence-corrected chi connectivity index (χ0v) is 5.15. The molecular weight excluding hydrogens is 136 g/mol. The van der Waals surface area contributed by atoms with Crippen molar-refractivity contribution in [2.45, 2.75) is 12.8 Å². The third kappa shape index (κ3) is 1.12. The molecule has 1 rings (SSSR count). The predicted octanol–water partition coefficient (Wildman–Crippen LogP) is 0.273. The van der Waals surface area contributed by atoms with Crippen LogP contribution in [0.15, 0.2) is 5.10 Å².